The van der Waals surface area contributed by atoms with Crippen LogP contribution in [0.2, 0.25) is 0 Å². The molecule has 2 nitrogen and oxygen atoms in total. The molecule has 0 aliphatic heterocycles. The van der Waals surface area contributed by atoms with E-state index >= 15 is 0 Å². The summed E-state index contributed by atoms with van der Waals surface area (Å²) in [5.41, 5.74) is 2.34. The van der Waals surface area contributed by atoms with Gasteiger partial charge in [-0.15, -0.1) is 0 Å². The van der Waals surface area contributed by atoms with Crippen molar-refractivity contribution < 1.29 is 9.47 Å². The summed E-state index contributed by atoms with van der Waals surface area (Å²) < 4.78 is 12.0. The second-order valence-corrected chi connectivity index (χ2v) is 7.60. The zero-order valence-corrected chi connectivity index (χ0v) is 18.2. The summed E-state index contributed by atoms with van der Waals surface area (Å²) in [5.74, 6) is 1.76. The van der Waals surface area contributed by atoms with Gasteiger partial charge in [0.15, 0.2) is 0 Å². The van der Waals surface area contributed by atoms with Gasteiger partial charge in [-0.2, -0.15) is 0 Å². The fourth-order valence-corrected chi connectivity index (χ4v) is 3.37. The first-order valence-corrected chi connectivity index (χ1v) is 11.4. The van der Waals surface area contributed by atoms with Gasteiger partial charge in [-0.25, -0.2) is 0 Å². The van der Waals surface area contributed by atoms with Crippen molar-refractivity contribution in [2.45, 2.75) is 70.2 Å². The Labute approximate surface area is 173 Å². The number of unbranched alkanes of at least 4 members (excludes halogenated alkanes) is 7. The predicted octanol–water partition coefficient (Wildman–Crippen LogP) is 7.68. The number of halogens is 1. The Balaban J connectivity index is 1.72. The Bertz CT molecular complexity index is 628. The number of benzene rings is 2. The van der Waals surface area contributed by atoms with Crippen LogP contribution in [0.4, 0.5) is 0 Å². The molecular formula is C24H33BrO2. The molecule has 0 radical (unpaired) electrons. The van der Waals surface area contributed by atoms with Gasteiger partial charge in [0.05, 0.1) is 6.61 Å². The zero-order chi connectivity index (χ0) is 19.2. The second kappa shape index (κ2) is 13.7. The van der Waals surface area contributed by atoms with Crippen molar-refractivity contribution in [1.29, 1.82) is 0 Å². The standard InChI is InChI=1S/C24H33BrO2/c1-2-3-4-5-6-7-8-12-15-26-23-16-22(19-25)17-24(18-23)27-20-21-13-10-9-11-14-21/h9-11,13-14,16-18H,2-8,12,15,19-20H2,1H3. The highest BCUT2D eigenvalue weighted by Crippen LogP contribution is 2.25. The molecule has 0 aromatic heterocycles. The van der Waals surface area contributed by atoms with Crippen molar-refractivity contribution in [3.05, 3.63) is 59.7 Å². The predicted molar refractivity (Wildman–Crippen MR) is 118 cm³/mol. The number of hydrogen-bond acceptors (Lipinski definition) is 2. The Kier molecular flexibility index (Phi) is 11.0. The molecule has 0 aliphatic carbocycles. The van der Waals surface area contributed by atoms with Crippen molar-refractivity contribution in [3.8, 4) is 11.5 Å². The lowest BCUT2D eigenvalue weighted by atomic mass is 10.1. The monoisotopic (exact) mass is 432 g/mol. The van der Waals surface area contributed by atoms with Gasteiger partial charge in [-0.05, 0) is 29.7 Å². The van der Waals surface area contributed by atoms with Crippen LogP contribution in [-0.4, -0.2) is 6.61 Å². The maximum atomic E-state index is 5.99. The van der Waals surface area contributed by atoms with Crippen LogP contribution in [0.3, 0.4) is 0 Å². The summed E-state index contributed by atoms with van der Waals surface area (Å²) in [7, 11) is 0. The van der Waals surface area contributed by atoms with Crippen LogP contribution < -0.4 is 9.47 Å². The molecule has 0 aliphatic rings. The van der Waals surface area contributed by atoms with Gasteiger partial charge in [0.1, 0.15) is 18.1 Å². The molecule has 148 valence electrons. The van der Waals surface area contributed by atoms with E-state index in [0.717, 1.165) is 29.9 Å². The molecule has 27 heavy (non-hydrogen) atoms. The van der Waals surface area contributed by atoms with E-state index in [-0.39, 0.29) is 0 Å². The van der Waals surface area contributed by atoms with Gasteiger partial charge in [-0.1, -0.05) is 98.1 Å². The summed E-state index contributed by atoms with van der Waals surface area (Å²) in [4.78, 5) is 0. The van der Waals surface area contributed by atoms with Gasteiger partial charge in [0, 0.05) is 11.4 Å². The van der Waals surface area contributed by atoms with Crippen LogP contribution in [0.15, 0.2) is 48.5 Å². The van der Waals surface area contributed by atoms with Gasteiger partial charge >= 0.3 is 0 Å². The average Bonchev–Trinajstić information content (AvgIpc) is 2.71. The van der Waals surface area contributed by atoms with E-state index in [9.17, 15) is 0 Å². The summed E-state index contributed by atoms with van der Waals surface area (Å²) in [5, 5.41) is 0.795. The highest BCUT2D eigenvalue weighted by molar-refractivity contribution is 9.08. The molecule has 0 N–H and O–H groups in total. The molecule has 3 heteroatoms. The van der Waals surface area contributed by atoms with E-state index in [2.05, 4.69) is 47.1 Å². The fraction of sp³-hybridized carbons (Fsp3) is 0.500. The van der Waals surface area contributed by atoms with Crippen molar-refractivity contribution in [1.82, 2.24) is 0 Å². The minimum atomic E-state index is 0.573. The molecule has 0 unspecified atom stereocenters. The van der Waals surface area contributed by atoms with E-state index in [1.807, 2.05) is 24.3 Å². The minimum Gasteiger partial charge on any atom is -0.493 e. The molecule has 2 aromatic rings. The lowest BCUT2D eigenvalue weighted by molar-refractivity contribution is 0.289. The van der Waals surface area contributed by atoms with Gasteiger partial charge in [-0.3, -0.25) is 0 Å². The Morgan fingerprint density at radius 2 is 1.33 bits per heavy atom. The molecule has 0 atom stereocenters. The molecule has 2 aromatic carbocycles. The van der Waals surface area contributed by atoms with E-state index < -0.39 is 0 Å². The number of ether oxygens (including phenoxy) is 2. The third kappa shape index (κ3) is 9.32. The number of hydrogen-bond donors (Lipinski definition) is 0. The quantitative estimate of drug-likeness (QED) is 0.225. The molecule has 0 fully saturated rings. The van der Waals surface area contributed by atoms with Gasteiger partial charge < -0.3 is 9.47 Å². The Hall–Kier alpha value is -1.48. The SMILES string of the molecule is CCCCCCCCCCOc1cc(CBr)cc(OCc2ccccc2)c1. The van der Waals surface area contributed by atoms with Crippen molar-refractivity contribution >= 4 is 15.9 Å². The van der Waals surface area contributed by atoms with Crippen molar-refractivity contribution in [3.63, 3.8) is 0 Å². The molecular weight excluding hydrogens is 400 g/mol. The lowest BCUT2D eigenvalue weighted by Gasteiger charge is -2.12. The number of rotatable bonds is 14. The molecule has 0 saturated carbocycles. The normalized spacial score (nSPS) is 10.7. The lowest BCUT2D eigenvalue weighted by Crippen LogP contribution is -2.00. The molecule has 0 heterocycles. The molecule has 0 saturated heterocycles. The van der Waals surface area contributed by atoms with Crippen molar-refractivity contribution in [2.24, 2.45) is 0 Å². The Morgan fingerprint density at radius 1 is 0.704 bits per heavy atom. The largest absolute Gasteiger partial charge is 0.493 e. The van der Waals surface area contributed by atoms with E-state index in [1.165, 1.54) is 56.1 Å². The third-order valence-corrected chi connectivity index (χ3v) is 5.26. The molecule has 0 bridgehead atoms. The maximum absolute atomic E-state index is 5.99. The maximum Gasteiger partial charge on any atom is 0.123 e. The van der Waals surface area contributed by atoms with Gasteiger partial charge in [0.25, 0.3) is 0 Å². The Morgan fingerprint density at radius 3 is 2.00 bits per heavy atom. The molecule has 2 rings (SSSR count). The van der Waals surface area contributed by atoms with Crippen LogP contribution in [-0.2, 0) is 11.9 Å². The topological polar surface area (TPSA) is 18.5 Å². The van der Waals surface area contributed by atoms with E-state index in [0.29, 0.717) is 6.61 Å². The molecule has 0 spiro atoms. The van der Waals surface area contributed by atoms with Crippen LogP contribution >= 0.6 is 15.9 Å². The average molecular weight is 433 g/mol. The second-order valence-electron chi connectivity index (χ2n) is 7.04. The van der Waals surface area contributed by atoms with Crippen LogP contribution in [0.1, 0.15) is 69.4 Å². The van der Waals surface area contributed by atoms with E-state index in [1.54, 1.807) is 0 Å². The third-order valence-electron chi connectivity index (χ3n) is 4.61. The van der Waals surface area contributed by atoms with Crippen LogP contribution in [0.5, 0.6) is 11.5 Å². The summed E-state index contributed by atoms with van der Waals surface area (Å²) in [6.45, 7) is 3.61. The first kappa shape index (κ1) is 21.8. The zero-order valence-electron chi connectivity index (χ0n) is 16.6. The summed E-state index contributed by atoms with van der Waals surface area (Å²) in [6, 6.07) is 16.4. The van der Waals surface area contributed by atoms with E-state index in [4.69, 9.17) is 9.47 Å². The summed E-state index contributed by atoms with van der Waals surface area (Å²) >= 11 is 3.54. The van der Waals surface area contributed by atoms with Crippen LogP contribution in [0, 0.1) is 0 Å². The van der Waals surface area contributed by atoms with Crippen LogP contribution in [0.25, 0.3) is 0 Å². The minimum absolute atomic E-state index is 0.573. The highest BCUT2D eigenvalue weighted by Gasteiger charge is 2.04. The number of alkyl halides is 1. The van der Waals surface area contributed by atoms with Crippen molar-refractivity contribution in [2.75, 3.05) is 6.61 Å². The first-order valence-electron chi connectivity index (χ1n) is 10.3. The molecule has 0 amide bonds. The highest BCUT2D eigenvalue weighted by atomic mass is 79.9. The fourth-order valence-electron chi connectivity index (χ4n) is 3.04. The smallest absolute Gasteiger partial charge is 0.123 e. The summed E-state index contributed by atoms with van der Waals surface area (Å²) in [6.07, 6.45) is 10.5. The first-order chi connectivity index (χ1) is 13.3. The van der Waals surface area contributed by atoms with Gasteiger partial charge in [0.2, 0.25) is 0 Å².